The molecule has 1 aromatic rings. The number of carbonyl (C=O) groups is 1. The second-order valence-corrected chi connectivity index (χ2v) is 7.16. The van der Waals surface area contributed by atoms with Crippen LogP contribution in [0.4, 0.5) is 13.2 Å². The number of benzene rings is 1. The third kappa shape index (κ3) is 6.22. The molecule has 3 N–H and O–H groups in total. The van der Waals surface area contributed by atoms with E-state index in [1.54, 1.807) is 0 Å². The Bertz CT molecular complexity index is 638. The molecule has 1 aromatic carbocycles. The third-order valence-electron chi connectivity index (χ3n) is 5.13. The van der Waals surface area contributed by atoms with E-state index in [0.29, 0.717) is 39.1 Å². The van der Waals surface area contributed by atoms with Crippen LogP contribution in [0.1, 0.15) is 30.4 Å². The second-order valence-electron chi connectivity index (χ2n) is 7.16. The lowest BCUT2D eigenvalue weighted by molar-refractivity contribution is -0.137. The van der Waals surface area contributed by atoms with Gasteiger partial charge in [0.15, 0.2) is 0 Å². The van der Waals surface area contributed by atoms with Gasteiger partial charge in [0.25, 0.3) is 0 Å². The Morgan fingerprint density at radius 1 is 1.21 bits per heavy atom. The summed E-state index contributed by atoms with van der Waals surface area (Å²) in [5.74, 6) is -0.137. The number of halogens is 5. The number of hydrogen-bond donors (Lipinski definition) is 2. The first kappa shape index (κ1) is 25.0. The van der Waals surface area contributed by atoms with Gasteiger partial charge in [-0.15, -0.1) is 24.8 Å². The van der Waals surface area contributed by atoms with Crippen LogP contribution in [0.5, 0.6) is 0 Å². The van der Waals surface area contributed by atoms with Crippen LogP contribution in [0.25, 0.3) is 0 Å². The van der Waals surface area contributed by atoms with Crippen LogP contribution >= 0.6 is 24.8 Å². The summed E-state index contributed by atoms with van der Waals surface area (Å²) in [6, 6.07) is 5.24. The Morgan fingerprint density at radius 3 is 2.39 bits per heavy atom. The van der Waals surface area contributed by atoms with Crippen molar-refractivity contribution in [2.45, 2.75) is 43.6 Å². The minimum Gasteiger partial charge on any atom is -0.381 e. The van der Waals surface area contributed by atoms with Gasteiger partial charge in [-0.2, -0.15) is 13.2 Å². The summed E-state index contributed by atoms with van der Waals surface area (Å²) in [6.07, 6.45) is -2.48. The number of nitrogens with zero attached hydrogens (tertiary/aromatic N) is 1. The number of alkyl halides is 3. The quantitative estimate of drug-likeness (QED) is 0.750. The highest BCUT2D eigenvalue weighted by atomic mass is 35.5. The van der Waals surface area contributed by atoms with Gasteiger partial charge in [-0.05, 0) is 37.0 Å². The maximum atomic E-state index is 12.6. The predicted molar refractivity (Wildman–Crippen MR) is 105 cm³/mol. The van der Waals surface area contributed by atoms with Crippen molar-refractivity contribution in [2.24, 2.45) is 5.73 Å². The minimum absolute atomic E-state index is 0. The van der Waals surface area contributed by atoms with Crippen molar-refractivity contribution in [3.05, 3.63) is 35.4 Å². The molecule has 0 radical (unpaired) electrons. The summed E-state index contributed by atoms with van der Waals surface area (Å²) >= 11 is 0. The largest absolute Gasteiger partial charge is 0.416 e. The molecule has 0 bridgehead atoms. The van der Waals surface area contributed by atoms with Crippen LogP contribution in [-0.4, -0.2) is 48.7 Å². The molecule has 160 valence electrons. The molecular formula is C18H26Cl2F3N3O2. The summed E-state index contributed by atoms with van der Waals surface area (Å²) < 4.78 is 43.1. The Morgan fingerprint density at radius 2 is 1.82 bits per heavy atom. The second kappa shape index (κ2) is 10.1. The molecule has 10 heteroatoms. The maximum absolute atomic E-state index is 12.6. The van der Waals surface area contributed by atoms with Gasteiger partial charge in [-0.25, -0.2) is 0 Å². The molecule has 2 saturated heterocycles. The van der Waals surface area contributed by atoms with Crippen molar-refractivity contribution in [2.75, 3.05) is 26.3 Å². The highest BCUT2D eigenvalue weighted by Crippen LogP contribution is 2.29. The van der Waals surface area contributed by atoms with Crippen molar-refractivity contribution < 1.29 is 22.7 Å². The van der Waals surface area contributed by atoms with Gasteiger partial charge in [0.05, 0.1) is 11.1 Å². The normalized spacial score (nSPS) is 22.1. The topological polar surface area (TPSA) is 67.6 Å². The smallest absolute Gasteiger partial charge is 0.381 e. The molecule has 0 aromatic heterocycles. The molecular weight excluding hydrogens is 418 g/mol. The number of rotatable bonds is 4. The zero-order valence-electron chi connectivity index (χ0n) is 15.3. The van der Waals surface area contributed by atoms with E-state index in [0.717, 1.165) is 30.7 Å². The fraction of sp³-hybridized carbons (Fsp3) is 0.611. The van der Waals surface area contributed by atoms with Crippen LogP contribution in [0.2, 0.25) is 0 Å². The lowest BCUT2D eigenvalue weighted by Gasteiger charge is -2.33. The van der Waals surface area contributed by atoms with Crippen molar-refractivity contribution in [1.29, 1.82) is 0 Å². The fourth-order valence-electron chi connectivity index (χ4n) is 3.44. The van der Waals surface area contributed by atoms with Gasteiger partial charge in [-0.3, -0.25) is 9.69 Å². The minimum atomic E-state index is -4.32. The molecule has 2 aliphatic rings. The highest BCUT2D eigenvalue weighted by molar-refractivity contribution is 5.86. The van der Waals surface area contributed by atoms with Crippen LogP contribution in [0.15, 0.2) is 24.3 Å². The number of nitrogens with one attached hydrogen (secondary N) is 1. The van der Waals surface area contributed by atoms with Crippen LogP contribution in [-0.2, 0) is 22.3 Å². The number of likely N-dealkylation sites (tertiary alicyclic amines) is 1. The molecule has 2 fully saturated rings. The Hall–Kier alpha value is -1.06. The molecule has 1 atom stereocenters. The van der Waals surface area contributed by atoms with Gasteiger partial charge in [0.2, 0.25) is 5.91 Å². The molecule has 0 aliphatic carbocycles. The van der Waals surface area contributed by atoms with Crippen molar-refractivity contribution in [1.82, 2.24) is 10.2 Å². The van der Waals surface area contributed by atoms with Gasteiger partial charge < -0.3 is 15.8 Å². The lowest BCUT2D eigenvalue weighted by Crippen LogP contribution is -2.58. The van der Waals surface area contributed by atoms with E-state index in [2.05, 4.69) is 10.2 Å². The number of amides is 1. The predicted octanol–water partition coefficient (Wildman–Crippen LogP) is 2.75. The van der Waals surface area contributed by atoms with Gasteiger partial charge >= 0.3 is 6.18 Å². The van der Waals surface area contributed by atoms with E-state index in [1.165, 1.54) is 12.1 Å². The van der Waals surface area contributed by atoms with E-state index in [4.69, 9.17) is 10.5 Å². The first-order valence-corrected chi connectivity index (χ1v) is 8.82. The number of carbonyl (C=O) groups excluding carboxylic acids is 1. The molecule has 2 heterocycles. The van der Waals surface area contributed by atoms with Crippen molar-refractivity contribution >= 4 is 30.7 Å². The van der Waals surface area contributed by atoms with Crippen molar-refractivity contribution in [3.63, 3.8) is 0 Å². The average molecular weight is 444 g/mol. The molecule has 2 aliphatic heterocycles. The third-order valence-corrected chi connectivity index (χ3v) is 5.13. The number of nitrogens with two attached hydrogens (primary N) is 1. The van der Waals surface area contributed by atoms with E-state index in [9.17, 15) is 18.0 Å². The highest BCUT2D eigenvalue weighted by Gasteiger charge is 2.37. The zero-order chi connectivity index (χ0) is 18.8. The molecule has 0 spiro atoms. The Balaban J connectivity index is 0.00000196. The van der Waals surface area contributed by atoms with Crippen molar-refractivity contribution in [3.8, 4) is 0 Å². The molecule has 1 unspecified atom stereocenters. The number of hydrogen-bond acceptors (Lipinski definition) is 4. The molecule has 3 rings (SSSR count). The summed E-state index contributed by atoms with van der Waals surface area (Å²) in [5, 5.41) is 3.02. The van der Waals surface area contributed by atoms with E-state index in [-0.39, 0.29) is 36.8 Å². The van der Waals surface area contributed by atoms with Crippen LogP contribution < -0.4 is 11.1 Å². The molecule has 0 saturated carbocycles. The first-order chi connectivity index (χ1) is 12.3. The van der Waals surface area contributed by atoms with E-state index < -0.39 is 17.3 Å². The Kier molecular flexibility index (Phi) is 9.02. The van der Waals surface area contributed by atoms with E-state index >= 15 is 0 Å². The first-order valence-electron chi connectivity index (χ1n) is 8.82. The number of ether oxygens (including phenoxy) is 1. The summed E-state index contributed by atoms with van der Waals surface area (Å²) in [7, 11) is 0. The zero-order valence-corrected chi connectivity index (χ0v) is 17.0. The fourth-order valence-corrected chi connectivity index (χ4v) is 3.44. The molecule has 28 heavy (non-hydrogen) atoms. The van der Waals surface area contributed by atoms with Gasteiger partial charge in [-0.1, -0.05) is 12.1 Å². The lowest BCUT2D eigenvalue weighted by atomic mass is 9.90. The monoisotopic (exact) mass is 443 g/mol. The summed E-state index contributed by atoms with van der Waals surface area (Å²) in [6.45, 7) is 3.00. The molecule has 1 amide bonds. The molecule has 5 nitrogen and oxygen atoms in total. The summed E-state index contributed by atoms with van der Waals surface area (Å²) in [5.41, 5.74) is 5.51. The maximum Gasteiger partial charge on any atom is 0.416 e. The standard InChI is InChI=1S/C18H24F3N3O2.2ClH/c19-18(20,21)14-3-1-13(2-4-14)11-24-8-5-15(12-24)23-16(25)17(22)6-9-26-10-7-17;;/h1-4,15H,5-12,22H2,(H,23,25);2*1H. The van der Waals surface area contributed by atoms with Crippen LogP contribution in [0.3, 0.4) is 0 Å². The van der Waals surface area contributed by atoms with Crippen LogP contribution in [0, 0.1) is 0 Å². The summed E-state index contributed by atoms with van der Waals surface area (Å²) in [4.78, 5) is 14.6. The Labute approximate surface area is 175 Å². The SMILES string of the molecule is Cl.Cl.NC1(C(=O)NC2CCN(Cc3ccc(C(F)(F)F)cc3)C2)CCOCC1. The van der Waals surface area contributed by atoms with Gasteiger partial charge in [0.1, 0.15) is 0 Å². The van der Waals surface area contributed by atoms with E-state index in [1.807, 2.05) is 0 Å². The van der Waals surface area contributed by atoms with Gasteiger partial charge in [0, 0.05) is 38.9 Å². The average Bonchev–Trinajstić information content (AvgIpc) is 3.02.